The van der Waals surface area contributed by atoms with Crippen molar-refractivity contribution in [3.63, 3.8) is 0 Å². The number of benzene rings is 3. The van der Waals surface area contributed by atoms with Crippen LogP contribution < -0.4 is 15.2 Å². The molecule has 1 heterocycles. The molecule has 0 bridgehead atoms. The van der Waals surface area contributed by atoms with Gasteiger partial charge in [-0.05, 0) is 62.1 Å². The molecule has 3 aromatic carbocycles. The summed E-state index contributed by atoms with van der Waals surface area (Å²) >= 11 is 0. The first-order valence-electron chi connectivity index (χ1n) is 13.0. The number of anilines is 1. The highest BCUT2D eigenvalue weighted by molar-refractivity contribution is 6.03. The molecule has 202 valence electrons. The number of aliphatic hydroxyl groups excluding tert-OH is 1. The molecule has 0 radical (unpaired) electrons. The summed E-state index contributed by atoms with van der Waals surface area (Å²) in [4.78, 5) is 26.3. The van der Waals surface area contributed by atoms with Crippen molar-refractivity contribution in [2.45, 2.75) is 78.0 Å². The van der Waals surface area contributed by atoms with Gasteiger partial charge in [0.1, 0.15) is 0 Å². The Morgan fingerprint density at radius 3 is 2.16 bits per heavy atom. The van der Waals surface area contributed by atoms with E-state index in [1.54, 1.807) is 27.7 Å². The lowest BCUT2D eigenvalue weighted by Gasteiger charge is -2.25. The van der Waals surface area contributed by atoms with Gasteiger partial charge in [-0.25, -0.2) is 9.59 Å². The minimum Gasteiger partial charge on any atom is -0.457 e. The lowest BCUT2D eigenvalue weighted by Crippen LogP contribution is -2.56. The molecule has 1 aliphatic rings. The second-order valence-electron chi connectivity index (χ2n) is 10.1. The lowest BCUT2D eigenvalue weighted by molar-refractivity contribution is -0.207. The molecule has 0 aromatic heterocycles. The molecule has 1 unspecified atom stereocenters. The van der Waals surface area contributed by atoms with Gasteiger partial charge in [-0.15, -0.1) is 0 Å². The monoisotopic (exact) mass is 521 g/mol. The van der Waals surface area contributed by atoms with E-state index in [-0.39, 0.29) is 17.9 Å². The van der Waals surface area contributed by atoms with Crippen molar-refractivity contribution in [1.82, 2.24) is 0 Å². The highest BCUT2D eigenvalue weighted by Gasteiger charge is 2.61. The number of carbonyl (C=O) groups is 2. The Balaban J connectivity index is 1.73. The highest BCUT2D eigenvalue weighted by atomic mass is 16.8. The molecular weight excluding hydrogens is 486 g/mol. The van der Waals surface area contributed by atoms with Crippen LogP contribution in [0.25, 0.3) is 10.8 Å². The van der Waals surface area contributed by atoms with Crippen LogP contribution in [0.1, 0.15) is 63.8 Å². The Kier molecular flexibility index (Phi) is 7.83. The van der Waals surface area contributed by atoms with E-state index in [0.29, 0.717) is 23.2 Å². The van der Waals surface area contributed by atoms with E-state index in [2.05, 4.69) is 0 Å². The van der Waals surface area contributed by atoms with E-state index in [0.717, 1.165) is 22.8 Å². The highest BCUT2D eigenvalue weighted by Crippen LogP contribution is 2.48. The van der Waals surface area contributed by atoms with E-state index >= 15 is 0 Å². The number of nitrogens with two attached hydrogens (primary N) is 1. The number of ether oxygens (including phenoxy) is 4. The Labute approximate surface area is 222 Å². The van der Waals surface area contributed by atoms with Gasteiger partial charge in [0, 0.05) is 23.7 Å². The number of aliphatic hydroxyl groups is 1. The van der Waals surface area contributed by atoms with Crippen molar-refractivity contribution in [1.29, 1.82) is 0 Å². The first kappa shape index (κ1) is 27.3. The molecule has 8 heteroatoms. The number of rotatable bonds is 9. The summed E-state index contributed by atoms with van der Waals surface area (Å²) in [6.07, 6.45) is -0.441. The molecule has 4 rings (SSSR count). The van der Waals surface area contributed by atoms with Gasteiger partial charge >= 0.3 is 17.7 Å². The molecule has 3 N–H and O–H groups in total. The molecule has 8 nitrogen and oxygen atoms in total. The predicted molar refractivity (Wildman–Crippen MR) is 144 cm³/mol. The average Bonchev–Trinajstić information content (AvgIpc) is 3.25. The molecule has 0 fully saturated rings. The van der Waals surface area contributed by atoms with Crippen LogP contribution >= 0.6 is 0 Å². The van der Waals surface area contributed by atoms with Gasteiger partial charge in [-0.3, -0.25) is 0 Å². The predicted octanol–water partition coefficient (Wildman–Crippen LogP) is 5.02. The summed E-state index contributed by atoms with van der Waals surface area (Å²) in [6, 6.07) is 15.3. The van der Waals surface area contributed by atoms with E-state index < -0.39 is 36.0 Å². The first-order valence-corrected chi connectivity index (χ1v) is 13.0. The minimum absolute atomic E-state index is 0.149. The maximum absolute atomic E-state index is 13.1. The van der Waals surface area contributed by atoms with Crippen molar-refractivity contribution in [3.05, 3.63) is 65.2 Å². The van der Waals surface area contributed by atoms with Crippen LogP contribution in [0, 0.1) is 0 Å². The molecule has 38 heavy (non-hydrogen) atoms. The van der Waals surface area contributed by atoms with Gasteiger partial charge in [0.05, 0.1) is 18.3 Å². The maximum Gasteiger partial charge on any atom is 0.453 e. The van der Waals surface area contributed by atoms with Crippen LogP contribution in [0.4, 0.5) is 5.69 Å². The van der Waals surface area contributed by atoms with Crippen LogP contribution in [0.15, 0.2) is 48.5 Å². The fraction of sp³-hybridized carbons (Fsp3) is 0.400. The van der Waals surface area contributed by atoms with Crippen LogP contribution in [-0.4, -0.2) is 35.0 Å². The number of hydrogen-bond acceptors (Lipinski definition) is 8. The third-order valence-corrected chi connectivity index (χ3v) is 6.28. The Hall–Kier alpha value is -3.78. The molecule has 0 spiro atoms. The van der Waals surface area contributed by atoms with E-state index in [1.807, 2.05) is 49.4 Å². The van der Waals surface area contributed by atoms with Gasteiger partial charge in [0.2, 0.25) is 0 Å². The first-order chi connectivity index (χ1) is 18.1. The van der Waals surface area contributed by atoms with Crippen LogP contribution in [0.5, 0.6) is 11.5 Å². The van der Waals surface area contributed by atoms with Crippen LogP contribution in [0.3, 0.4) is 0 Å². The molecule has 1 aliphatic heterocycles. The molecule has 0 saturated carbocycles. The zero-order valence-electron chi connectivity index (χ0n) is 22.4. The fourth-order valence-electron chi connectivity index (χ4n) is 4.58. The van der Waals surface area contributed by atoms with Crippen LogP contribution in [-0.2, 0) is 31.9 Å². The van der Waals surface area contributed by atoms with E-state index in [4.69, 9.17) is 24.7 Å². The van der Waals surface area contributed by atoms with Gasteiger partial charge < -0.3 is 29.8 Å². The van der Waals surface area contributed by atoms with Crippen molar-refractivity contribution < 1.29 is 33.6 Å². The maximum atomic E-state index is 13.1. The van der Waals surface area contributed by atoms with Gasteiger partial charge in [0.15, 0.2) is 11.5 Å². The summed E-state index contributed by atoms with van der Waals surface area (Å²) in [5, 5.41) is 13.3. The average molecular weight is 522 g/mol. The Morgan fingerprint density at radius 1 is 0.921 bits per heavy atom. The zero-order valence-corrected chi connectivity index (χ0v) is 22.4. The van der Waals surface area contributed by atoms with Gasteiger partial charge in [0.25, 0.3) is 0 Å². The molecular formula is C30H35NO7. The number of hydrogen-bond donors (Lipinski definition) is 2. The summed E-state index contributed by atoms with van der Waals surface area (Å²) in [6.45, 7) is 8.63. The third kappa shape index (κ3) is 5.27. The molecule has 3 aromatic rings. The topological polar surface area (TPSA) is 117 Å². The second-order valence-corrected chi connectivity index (χ2v) is 10.1. The van der Waals surface area contributed by atoms with E-state index in [9.17, 15) is 14.7 Å². The molecule has 1 atom stereocenters. The zero-order chi connectivity index (χ0) is 27.6. The molecule has 0 saturated heterocycles. The summed E-state index contributed by atoms with van der Waals surface area (Å²) in [5.74, 6) is -4.08. The molecule has 0 aliphatic carbocycles. The Morgan fingerprint density at radius 2 is 1.55 bits per heavy atom. The number of fused-ring (bicyclic) bond motifs is 2. The van der Waals surface area contributed by atoms with Crippen molar-refractivity contribution in [2.75, 3.05) is 5.73 Å². The normalized spacial score (nSPS) is 14.6. The quantitative estimate of drug-likeness (QED) is 0.229. The van der Waals surface area contributed by atoms with Gasteiger partial charge in [-0.1, -0.05) is 49.7 Å². The minimum atomic E-state index is -2.44. The lowest BCUT2D eigenvalue weighted by atomic mass is 9.92. The fourth-order valence-corrected chi connectivity index (χ4v) is 4.58. The third-order valence-electron chi connectivity index (χ3n) is 6.28. The SMILES string of the molecule is CCCc1c(CC(O)c2ccc3ccccc3c2)c(N)cc2c1OC(C(=O)OC(C)C)(C(=O)OC(C)C)O2. The summed E-state index contributed by atoms with van der Waals surface area (Å²) in [5.41, 5.74) is 8.91. The second kappa shape index (κ2) is 10.9. The smallest absolute Gasteiger partial charge is 0.453 e. The Bertz CT molecular complexity index is 1330. The largest absolute Gasteiger partial charge is 0.457 e. The van der Waals surface area contributed by atoms with Crippen molar-refractivity contribution in [2.24, 2.45) is 0 Å². The van der Waals surface area contributed by atoms with Crippen LogP contribution in [0.2, 0.25) is 0 Å². The summed E-state index contributed by atoms with van der Waals surface area (Å²) in [7, 11) is 0. The number of nitrogen functional groups attached to an aromatic ring is 1. The van der Waals surface area contributed by atoms with E-state index in [1.165, 1.54) is 6.07 Å². The van der Waals surface area contributed by atoms with Gasteiger partial charge in [-0.2, -0.15) is 0 Å². The number of carbonyl (C=O) groups excluding carboxylic acids is 2. The number of esters is 2. The van der Waals surface area contributed by atoms with Crippen molar-refractivity contribution >= 4 is 28.4 Å². The molecule has 0 amide bonds. The summed E-state index contributed by atoms with van der Waals surface area (Å²) < 4.78 is 22.6. The standard InChI is InChI=1S/C30H35NO7/c1-6-9-22-23(15-25(32)21-13-12-19-10-7-8-11-20(19)14-21)24(31)16-26-27(22)38-30(37-26,28(33)35-17(2)3)29(34)36-18(4)5/h7-8,10-14,16-18,25,32H,6,9,15,31H2,1-5H3. The van der Waals surface area contributed by atoms with Crippen molar-refractivity contribution in [3.8, 4) is 11.5 Å².